The Hall–Kier alpha value is -1.74. The fourth-order valence-corrected chi connectivity index (χ4v) is 2.96. The zero-order valence-corrected chi connectivity index (χ0v) is 13.5. The monoisotopic (exact) mass is 301 g/mol. The van der Waals surface area contributed by atoms with Crippen molar-refractivity contribution < 1.29 is 9.18 Å². The van der Waals surface area contributed by atoms with Crippen molar-refractivity contribution in [2.45, 2.75) is 33.1 Å². The maximum atomic E-state index is 13.2. The summed E-state index contributed by atoms with van der Waals surface area (Å²) < 4.78 is 13.2. The molecule has 118 valence electrons. The molecule has 1 aliphatic heterocycles. The Morgan fingerprint density at radius 2 is 2.09 bits per heavy atom. The molecule has 2 rings (SSSR count). The largest absolute Gasteiger partial charge is 0.293 e. The van der Waals surface area contributed by atoms with Crippen LogP contribution in [0.25, 0.3) is 0 Å². The van der Waals surface area contributed by atoms with E-state index in [2.05, 4.69) is 18.4 Å². The van der Waals surface area contributed by atoms with Crippen molar-refractivity contribution in [3.05, 3.63) is 59.0 Å². The summed E-state index contributed by atoms with van der Waals surface area (Å²) in [5, 5.41) is 0. The first-order chi connectivity index (χ1) is 10.5. The number of carbonyl (C=O) groups excluding carboxylic acids is 1. The van der Waals surface area contributed by atoms with Gasteiger partial charge in [-0.3, -0.25) is 9.69 Å². The second-order valence-electron chi connectivity index (χ2n) is 5.84. The zero-order chi connectivity index (χ0) is 16.1. The van der Waals surface area contributed by atoms with Crippen molar-refractivity contribution in [1.82, 2.24) is 4.90 Å². The fraction of sp³-hybridized carbons (Fsp3) is 0.421. The number of halogens is 1. The maximum Gasteiger partial charge on any atom is 0.177 e. The topological polar surface area (TPSA) is 20.3 Å². The van der Waals surface area contributed by atoms with E-state index in [1.165, 1.54) is 17.7 Å². The molecule has 3 heteroatoms. The molecule has 0 radical (unpaired) electrons. The van der Waals surface area contributed by atoms with Gasteiger partial charge in [0.2, 0.25) is 0 Å². The first kappa shape index (κ1) is 16.6. The molecule has 22 heavy (non-hydrogen) atoms. The fourth-order valence-electron chi connectivity index (χ4n) is 2.96. The van der Waals surface area contributed by atoms with Crippen LogP contribution in [0.5, 0.6) is 0 Å². The Balaban J connectivity index is 2.14. The van der Waals surface area contributed by atoms with E-state index >= 15 is 0 Å². The highest BCUT2D eigenvalue weighted by Gasteiger charge is 2.26. The van der Waals surface area contributed by atoms with Gasteiger partial charge in [-0.2, -0.15) is 0 Å². The van der Waals surface area contributed by atoms with Crippen molar-refractivity contribution in [3.63, 3.8) is 0 Å². The summed E-state index contributed by atoms with van der Waals surface area (Å²) in [6.07, 6.45) is 9.05. The first-order valence-electron chi connectivity index (χ1n) is 7.92. The van der Waals surface area contributed by atoms with Gasteiger partial charge in [0.05, 0.1) is 6.54 Å². The summed E-state index contributed by atoms with van der Waals surface area (Å²) >= 11 is 0. The number of hydrogen-bond donors (Lipinski definition) is 0. The van der Waals surface area contributed by atoms with Crippen molar-refractivity contribution in [2.24, 2.45) is 0 Å². The number of carbonyl (C=O) groups is 1. The minimum Gasteiger partial charge on any atom is -0.293 e. The third kappa shape index (κ3) is 3.92. The minimum absolute atomic E-state index is 0.168. The van der Waals surface area contributed by atoms with Crippen molar-refractivity contribution in [2.75, 3.05) is 19.6 Å². The number of hydrogen-bond acceptors (Lipinski definition) is 2. The molecule has 1 aliphatic carbocycles. The normalized spacial score (nSPS) is 19.9. The molecule has 0 aromatic rings. The molecule has 0 spiro atoms. The lowest BCUT2D eigenvalue weighted by Crippen LogP contribution is -2.39. The minimum atomic E-state index is -0.222. The van der Waals surface area contributed by atoms with Crippen molar-refractivity contribution >= 4 is 5.78 Å². The lowest BCUT2D eigenvalue weighted by molar-refractivity contribution is -0.117. The average Bonchev–Trinajstić information content (AvgIpc) is 2.70. The summed E-state index contributed by atoms with van der Waals surface area (Å²) in [5.74, 6) is -0.0539. The molecule has 0 aromatic carbocycles. The van der Waals surface area contributed by atoms with E-state index in [0.29, 0.717) is 13.1 Å². The third-order valence-corrected chi connectivity index (χ3v) is 4.18. The summed E-state index contributed by atoms with van der Waals surface area (Å²) in [5.41, 5.74) is 4.12. The average molecular weight is 301 g/mol. The second kappa shape index (κ2) is 7.50. The number of rotatable bonds is 5. The van der Waals surface area contributed by atoms with Crippen LogP contribution in [0.4, 0.5) is 4.39 Å². The molecule has 0 N–H and O–H groups in total. The SMILES string of the molecule is C=C(CC)C1=C(CC)CN(CC2=CC=C(F)C=CC2)CC1=O. The molecule has 2 aliphatic rings. The summed E-state index contributed by atoms with van der Waals surface area (Å²) in [4.78, 5) is 14.6. The van der Waals surface area contributed by atoms with Gasteiger partial charge in [-0.25, -0.2) is 4.39 Å². The van der Waals surface area contributed by atoms with Crippen LogP contribution in [0.1, 0.15) is 33.1 Å². The Kier molecular flexibility index (Phi) is 5.67. The molecular formula is C19H24FNO. The van der Waals surface area contributed by atoms with Gasteiger partial charge in [0.25, 0.3) is 0 Å². The quantitative estimate of drug-likeness (QED) is 0.755. The Labute approximate surface area is 132 Å². The van der Waals surface area contributed by atoms with Crippen molar-refractivity contribution in [1.29, 1.82) is 0 Å². The lowest BCUT2D eigenvalue weighted by atomic mass is 9.90. The smallest absolute Gasteiger partial charge is 0.177 e. The van der Waals surface area contributed by atoms with Crippen LogP contribution in [0.3, 0.4) is 0 Å². The third-order valence-electron chi connectivity index (χ3n) is 4.18. The molecule has 0 unspecified atom stereocenters. The van der Waals surface area contributed by atoms with Gasteiger partial charge in [0.1, 0.15) is 5.83 Å². The zero-order valence-electron chi connectivity index (χ0n) is 13.5. The first-order valence-corrected chi connectivity index (χ1v) is 7.92. The molecule has 0 fully saturated rings. The van der Waals surface area contributed by atoms with Gasteiger partial charge in [0.15, 0.2) is 5.78 Å². The summed E-state index contributed by atoms with van der Waals surface area (Å²) in [6.45, 7) is 10.1. The van der Waals surface area contributed by atoms with E-state index in [1.54, 1.807) is 0 Å². The Morgan fingerprint density at radius 1 is 1.32 bits per heavy atom. The molecule has 0 saturated carbocycles. The molecule has 0 amide bonds. The summed E-state index contributed by atoms with van der Waals surface area (Å²) in [6, 6.07) is 0. The second-order valence-corrected chi connectivity index (χ2v) is 5.84. The van der Waals surface area contributed by atoms with Crippen LogP contribution < -0.4 is 0 Å². The van der Waals surface area contributed by atoms with E-state index in [4.69, 9.17) is 0 Å². The Bertz CT molecular complexity index is 593. The number of allylic oxidation sites excluding steroid dienone is 6. The molecule has 0 saturated heterocycles. The van der Waals surface area contributed by atoms with Crippen LogP contribution in [0.2, 0.25) is 0 Å². The van der Waals surface area contributed by atoms with Crippen LogP contribution in [0, 0.1) is 0 Å². The van der Waals surface area contributed by atoms with Gasteiger partial charge < -0.3 is 0 Å². The van der Waals surface area contributed by atoms with Gasteiger partial charge in [-0.05, 0) is 42.6 Å². The van der Waals surface area contributed by atoms with Gasteiger partial charge in [-0.1, -0.05) is 38.2 Å². The van der Waals surface area contributed by atoms with Crippen LogP contribution in [-0.2, 0) is 4.79 Å². The molecule has 0 aromatic heterocycles. The van der Waals surface area contributed by atoms with Crippen LogP contribution >= 0.6 is 0 Å². The highest BCUT2D eigenvalue weighted by Crippen LogP contribution is 2.26. The van der Waals surface area contributed by atoms with Crippen LogP contribution in [-0.4, -0.2) is 30.3 Å². The predicted molar refractivity (Wildman–Crippen MR) is 89.2 cm³/mol. The number of nitrogens with zero attached hydrogens (tertiary/aromatic N) is 1. The standard InChI is InChI=1S/C19H24FNO/c1-4-14(3)19-16(5-2)12-21(13-18(19)22)11-15-7-6-8-17(20)10-9-15/h6,8-10H,3-5,7,11-13H2,1-2H3. The lowest BCUT2D eigenvalue weighted by Gasteiger charge is -2.30. The number of Topliss-reactive ketones (excluding diaryl/α,β-unsaturated/α-hetero) is 1. The molecular weight excluding hydrogens is 277 g/mol. The van der Waals surface area contributed by atoms with Gasteiger partial charge in [-0.15, -0.1) is 0 Å². The van der Waals surface area contributed by atoms with Gasteiger partial charge in [0, 0.05) is 18.7 Å². The number of ketones is 1. The van der Waals surface area contributed by atoms with E-state index in [-0.39, 0.29) is 11.6 Å². The molecule has 1 heterocycles. The Morgan fingerprint density at radius 3 is 2.77 bits per heavy atom. The highest BCUT2D eigenvalue weighted by atomic mass is 19.1. The molecule has 0 bridgehead atoms. The van der Waals surface area contributed by atoms with E-state index in [9.17, 15) is 9.18 Å². The molecule has 2 nitrogen and oxygen atoms in total. The predicted octanol–water partition coefficient (Wildman–Crippen LogP) is 4.28. The maximum absolute atomic E-state index is 13.2. The van der Waals surface area contributed by atoms with Crippen LogP contribution in [0.15, 0.2) is 59.0 Å². The summed E-state index contributed by atoms with van der Waals surface area (Å²) in [7, 11) is 0. The van der Waals surface area contributed by atoms with Gasteiger partial charge >= 0.3 is 0 Å². The van der Waals surface area contributed by atoms with E-state index in [1.807, 2.05) is 19.1 Å². The highest BCUT2D eigenvalue weighted by molar-refractivity contribution is 6.02. The van der Waals surface area contributed by atoms with Crippen molar-refractivity contribution in [3.8, 4) is 0 Å². The van der Waals surface area contributed by atoms with E-state index in [0.717, 1.165) is 42.5 Å². The molecule has 0 atom stereocenters. The van der Waals surface area contributed by atoms with E-state index < -0.39 is 0 Å².